The molecule has 1 aliphatic rings. The van der Waals surface area contributed by atoms with Crippen molar-refractivity contribution < 1.29 is 9.59 Å². The van der Waals surface area contributed by atoms with Gasteiger partial charge in [-0.05, 0) is 35.6 Å². The Balaban J connectivity index is 2.18. The summed E-state index contributed by atoms with van der Waals surface area (Å²) in [6.45, 7) is 2.87. The molecule has 0 spiro atoms. The minimum Gasteiger partial charge on any atom is -0.353 e. The van der Waals surface area contributed by atoms with E-state index in [0.717, 1.165) is 2.88 Å². The van der Waals surface area contributed by atoms with Crippen LogP contribution in [-0.2, 0) is 4.79 Å². The number of carbonyl (C=O) groups is 2. The number of hydrogen-bond acceptors (Lipinski definition) is 3. The van der Waals surface area contributed by atoms with E-state index in [1.54, 1.807) is 11.8 Å². The first-order valence-corrected chi connectivity index (χ1v) is 6.88. The normalized spacial score (nSPS) is 20.8. The second kappa shape index (κ2) is 4.70. The van der Waals surface area contributed by atoms with Crippen molar-refractivity contribution in [2.45, 2.75) is 13.0 Å². The molecule has 1 atom stereocenters. The van der Waals surface area contributed by atoms with Gasteiger partial charge in [0.2, 0.25) is 5.91 Å². The summed E-state index contributed by atoms with van der Waals surface area (Å²) < 4.78 is 1.08. The average Bonchev–Trinajstić information content (AvgIpc) is 2.68. The number of amides is 2. The topological polar surface area (TPSA) is 49.4 Å². The van der Waals surface area contributed by atoms with Crippen LogP contribution in [0.25, 0.3) is 0 Å². The maximum atomic E-state index is 12.1. The summed E-state index contributed by atoms with van der Waals surface area (Å²) in [7, 11) is 0. The predicted octanol–water partition coefficient (Wildman–Crippen LogP) is 1.31. The van der Waals surface area contributed by atoms with Gasteiger partial charge in [-0.15, -0.1) is 11.3 Å². The number of carbonyl (C=O) groups excluding carboxylic acids is 2. The number of thiophene rings is 1. The molecule has 0 aliphatic carbocycles. The fraction of sp³-hybridized carbons (Fsp3) is 0.400. The predicted molar refractivity (Wildman–Crippen MR) is 70.5 cm³/mol. The third kappa shape index (κ3) is 2.22. The fourth-order valence-electron chi connectivity index (χ4n) is 1.65. The standard InChI is InChI=1S/C10H11IN2O2S/c1-6-9(14)12-2-3-13(6)10(15)7-4-8(11)16-5-7/h4-6H,2-3H2,1H3,(H,12,14). The molecule has 86 valence electrons. The van der Waals surface area contributed by atoms with Gasteiger partial charge in [0.1, 0.15) is 6.04 Å². The SMILES string of the molecule is CC1C(=O)NCCN1C(=O)c1csc(I)c1. The van der Waals surface area contributed by atoms with Gasteiger partial charge in [-0.3, -0.25) is 9.59 Å². The van der Waals surface area contributed by atoms with E-state index in [0.29, 0.717) is 18.7 Å². The quantitative estimate of drug-likeness (QED) is 0.777. The van der Waals surface area contributed by atoms with Crippen molar-refractivity contribution >= 4 is 45.7 Å². The number of nitrogens with one attached hydrogen (secondary N) is 1. The lowest BCUT2D eigenvalue weighted by Crippen LogP contribution is -2.55. The summed E-state index contributed by atoms with van der Waals surface area (Å²) in [5.41, 5.74) is 0.677. The summed E-state index contributed by atoms with van der Waals surface area (Å²) in [5.74, 6) is -0.133. The van der Waals surface area contributed by atoms with Crippen LogP contribution >= 0.6 is 33.9 Å². The summed E-state index contributed by atoms with van der Waals surface area (Å²) in [4.78, 5) is 25.2. The molecule has 2 heterocycles. The van der Waals surface area contributed by atoms with E-state index in [1.807, 2.05) is 11.4 Å². The molecule has 1 aliphatic heterocycles. The Hall–Kier alpha value is -0.630. The van der Waals surface area contributed by atoms with Crippen molar-refractivity contribution in [1.82, 2.24) is 10.2 Å². The minimum atomic E-state index is -0.376. The van der Waals surface area contributed by atoms with Crippen LogP contribution in [0.5, 0.6) is 0 Å². The fourth-order valence-corrected chi connectivity index (χ4v) is 2.97. The largest absolute Gasteiger partial charge is 0.353 e. The Morgan fingerprint density at radius 2 is 2.44 bits per heavy atom. The van der Waals surface area contributed by atoms with Gasteiger partial charge >= 0.3 is 0 Å². The summed E-state index contributed by atoms with van der Waals surface area (Å²) in [6.07, 6.45) is 0. The van der Waals surface area contributed by atoms with Crippen molar-refractivity contribution in [1.29, 1.82) is 0 Å². The molecule has 2 rings (SSSR count). The van der Waals surface area contributed by atoms with Crippen molar-refractivity contribution in [3.63, 3.8) is 0 Å². The van der Waals surface area contributed by atoms with E-state index in [1.165, 1.54) is 11.3 Å². The molecule has 1 unspecified atom stereocenters. The summed E-state index contributed by atoms with van der Waals surface area (Å²) in [5, 5.41) is 4.58. The molecule has 16 heavy (non-hydrogen) atoms. The molecule has 1 saturated heterocycles. The van der Waals surface area contributed by atoms with E-state index >= 15 is 0 Å². The lowest BCUT2D eigenvalue weighted by Gasteiger charge is -2.32. The smallest absolute Gasteiger partial charge is 0.255 e. The molecule has 0 aromatic carbocycles. The molecule has 1 aromatic rings. The van der Waals surface area contributed by atoms with Crippen LogP contribution in [0.1, 0.15) is 17.3 Å². The second-order valence-electron chi connectivity index (χ2n) is 3.61. The maximum absolute atomic E-state index is 12.1. The highest BCUT2D eigenvalue weighted by atomic mass is 127. The van der Waals surface area contributed by atoms with Gasteiger partial charge in [0.15, 0.2) is 0 Å². The molecule has 6 heteroatoms. The molecule has 0 bridgehead atoms. The Bertz CT molecular complexity index is 432. The van der Waals surface area contributed by atoms with Gasteiger partial charge in [-0.2, -0.15) is 0 Å². The molecule has 0 radical (unpaired) electrons. The zero-order valence-corrected chi connectivity index (χ0v) is 11.7. The van der Waals surface area contributed by atoms with E-state index in [2.05, 4.69) is 27.9 Å². The molecule has 4 nitrogen and oxygen atoms in total. The monoisotopic (exact) mass is 350 g/mol. The molecule has 1 aromatic heterocycles. The molecular weight excluding hydrogens is 339 g/mol. The third-order valence-electron chi connectivity index (χ3n) is 2.57. The maximum Gasteiger partial charge on any atom is 0.255 e. The zero-order chi connectivity index (χ0) is 11.7. The van der Waals surface area contributed by atoms with Crippen LogP contribution in [-0.4, -0.2) is 35.8 Å². The van der Waals surface area contributed by atoms with Crippen molar-refractivity contribution in [2.75, 3.05) is 13.1 Å². The average molecular weight is 350 g/mol. The van der Waals surface area contributed by atoms with Crippen LogP contribution in [0.4, 0.5) is 0 Å². The Morgan fingerprint density at radius 1 is 1.69 bits per heavy atom. The Labute approximate surface area is 111 Å². The molecular formula is C10H11IN2O2S. The number of piperazine rings is 1. The molecule has 1 N–H and O–H groups in total. The van der Waals surface area contributed by atoms with E-state index in [9.17, 15) is 9.59 Å². The number of hydrogen-bond donors (Lipinski definition) is 1. The van der Waals surface area contributed by atoms with Crippen LogP contribution < -0.4 is 5.32 Å². The Morgan fingerprint density at radius 3 is 3.06 bits per heavy atom. The summed E-state index contributed by atoms with van der Waals surface area (Å²) >= 11 is 3.72. The first-order chi connectivity index (χ1) is 7.59. The first kappa shape index (κ1) is 11.8. The first-order valence-electron chi connectivity index (χ1n) is 4.92. The van der Waals surface area contributed by atoms with E-state index in [4.69, 9.17) is 0 Å². The van der Waals surface area contributed by atoms with Gasteiger partial charge in [-0.25, -0.2) is 0 Å². The lowest BCUT2D eigenvalue weighted by molar-refractivity contribution is -0.127. The van der Waals surface area contributed by atoms with Crippen molar-refractivity contribution in [3.05, 3.63) is 19.9 Å². The molecule has 0 saturated carbocycles. The van der Waals surface area contributed by atoms with Crippen LogP contribution in [0.3, 0.4) is 0 Å². The van der Waals surface area contributed by atoms with Gasteiger partial charge in [0.05, 0.1) is 8.45 Å². The van der Waals surface area contributed by atoms with Crippen LogP contribution in [0, 0.1) is 2.88 Å². The van der Waals surface area contributed by atoms with Crippen LogP contribution in [0.15, 0.2) is 11.4 Å². The number of nitrogens with zero attached hydrogens (tertiary/aromatic N) is 1. The highest BCUT2D eigenvalue weighted by Crippen LogP contribution is 2.19. The second-order valence-corrected chi connectivity index (χ2v) is 6.41. The van der Waals surface area contributed by atoms with Crippen molar-refractivity contribution in [2.24, 2.45) is 0 Å². The minimum absolute atomic E-state index is 0.0542. The number of halogens is 1. The van der Waals surface area contributed by atoms with Gasteiger partial charge in [0, 0.05) is 18.5 Å². The third-order valence-corrected chi connectivity index (χ3v) is 4.36. The zero-order valence-electron chi connectivity index (χ0n) is 8.70. The molecule has 2 amide bonds. The van der Waals surface area contributed by atoms with E-state index < -0.39 is 0 Å². The highest BCUT2D eigenvalue weighted by Gasteiger charge is 2.30. The van der Waals surface area contributed by atoms with Gasteiger partial charge in [-0.1, -0.05) is 0 Å². The molecule has 1 fully saturated rings. The highest BCUT2D eigenvalue weighted by molar-refractivity contribution is 14.1. The Kier molecular flexibility index (Phi) is 3.48. The lowest BCUT2D eigenvalue weighted by atomic mass is 10.1. The van der Waals surface area contributed by atoms with Crippen molar-refractivity contribution in [3.8, 4) is 0 Å². The van der Waals surface area contributed by atoms with E-state index in [-0.39, 0.29) is 17.9 Å². The van der Waals surface area contributed by atoms with Gasteiger partial charge in [0.25, 0.3) is 5.91 Å². The number of rotatable bonds is 1. The van der Waals surface area contributed by atoms with Gasteiger partial charge < -0.3 is 10.2 Å². The summed E-state index contributed by atoms with van der Waals surface area (Å²) in [6, 6.07) is 1.48. The van der Waals surface area contributed by atoms with Crippen LogP contribution in [0.2, 0.25) is 0 Å².